The minimum absolute atomic E-state index is 0.259. The van der Waals surface area contributed by atoms with Crippen LogP contribution in [0, 0.1) is 25.2 Å². The summed E-state index contributed by atoms with van der Waals surface area (Å²) in [5, 5.41) is 11.6. The van der Waals surface area contributed by atoms with E-state index in [0.717, 1.165) is 11.3 Å². The monoisotopic (exact) mass is 204 g/mol. The number of nitrogens with zero attached hydrogens (tertiary/aromatic N) is 1. The molecule has 0 saturated heterocycles. The zero-order valence-electron chi connectivity index (χ0n) is 9.37. The lowest BCUT2D eigenvalue weighted by Gasteiger charge is -2.12. The zero-order chi connectivity index (χ0) is 11.3. The number of nitriles is 1. The van der Waals surface area contributed by atoms with Gasteiger partial charge in [0.2, 0.25) is 0 Å². The van der Waals surface area contributed by atoms with Crippen molar-refractivity contribution in [3.8, 4) is 11.8 Å². The largest absolute Gasteiger partial charge is 0.491 e. The summed E-state index contributed by atoms with van der Waals surface area (Å²) in [6, 6.07) is 7.87. The van der Waals surface area contributed by atoms with Gasteiger partial charge in [0.25, 0.3) is 0 Å². The van der Waals surface area contributed by atoms with Gasteiger partial charge in [-0.15, -0.1) is 0 Å². The predicted octanol–water partition coefficient (Wildman–Crippen LogP) is 1.79. The minimum atomic E-state index is -0.259. The van der Waals surface area contributed by atoms with E-state index < -0.39 is 0 Å². The van der Waals surface area contributed by atoms with Crippen LogP contribution < -0.4 is 10.1 Å². The molecule has 1 unspecified atom stereocenters. The molecule has 0 aliphatic rings. The van der Waals surface area contributed by atoms with Crippen molar-refractivity contribution in [2.45, 2.75) is 19.9 Å². The van der Waals surface area contributed by atoms with E-state index in [2.05, 4.69) is 17.5 Å². The second kappa shape index (κ2) is 5.38. The van der Waals surface area contributed by atoms with Crippen molar-refractivity contribution in [1.29, 1.82) is 5.26 Å². The zero-order valence-corrected chi connectivity index (χ0v) is 9.37. The van der Waals surface area contributed by atoms with Crippen molar-refractivity contribution >= 4 is 0 Å². The van der Waals surface area contributed by atoms with Crippen LogP contribution >= 0.6 is 0 Å². The number of nitrogens with one attached hydrogen (secondary N) is 1. The van der Waals surface area contributed by atoms with Crippen LogP contribution in [0.15, 0.2) is 18.2 Å². The molecule has 0 saturated carbocycles. The van der Waals surface area contributed by atoms with Crippen LogP contribution in [0.1, 0.15) is 11.1 Å². The van der Waals surface area contributed by atoms with Gasteiger partial charge < -0.3 is 10.1 Å². The van der Waals surface area contributed by atoms with Gasteiger partial charge in [0.15, 0.2) is 0 Å². The molecule has 80 valence electrons. The van der Waals surface area contributed by atoms with Crippen LogP contribution in [0.25, 0.3) is 0 Å². The Hall–Kier alpha value is -1.53. The van der Waals surface area contributed by atoms with Gasteiger partial charge in [0.1, 0.15) is 18.4 Å². The third kappa shape index (κ3) is 3.26. The second-order valence-corrected chi connectivity index (χ2v) is 3.55. The van der Waals surface area contributed by atoms with Crippen LogP contribution in [-0.2, 0) is 0 Å². The lowest BCUT2D eigenvalue weighted by molar-refractivity contribution is 0.293. The van der Waals surface area contributed by atoms with Gasteiger partial charge in [-0.3, -0.25) is 0 Å². The Kier molecular flexibility index (Phi) is 4.14. The van der Waals surface area contributed by atoms with E-state index in [9.17, 15) is 0 Å². The smallest absolute Gasteiger partial charge is 0.129 e. The Morgan fingerprint density at radius 3 is 2.73 bits per heavy atom. The van der Waals surface area contributed by atoms with E-state index >= 15 is 0 Å². The topological polar surface area (TPSA) is 45.0 Å². The van der Waals surface area contributed by atoms with Gasteiger partial charge in [0.05, 0.1) is 6.07 Å². The number of ether oxygens (including phenoxy) is 1. The molecule has 0 aliphatic carbocycles. The number of hydrogen-bond donors (Lipinski definition) is 1. The van der Waals surface area contributed by atoms with Crippen LogP contribution in [0.4, 0.5) is 0 Å². The quantitative estimate of drug-likeness (QED) is 0.813. The molecule has 3 nitrogen and oxygen atoms in total. The fourth-order valence-corrected chi connectivity index (χ4v) is 1.32. The molecule has 0 amide bonds. The average Bonchev–Trinajstić information content (AvgIpc) is 2.22. The van der Waals surface area contributed by atoms with Gasteiger partial charge in [-0.2, -0.15) is 5.26 Å². The molecule has 3 heteroatoms. The molecule has 1 rings (SSSR count). The highest BCUT2D eigenvalue weighted by atomic mass is 16.5. The molecule has 0 spiro atoms. The Bertz CT molecular complexity index is 368. The van der Waals surface area contributed by atoms with Crippen molar-refractivity contribution in [2.24, 2.45) is 0 Å². The number of aryl methyl sites for hydroxylation is 2. The fourth-order valence-electron chi connectivity index (χ4n) is 1.32. The van der Waals surface area contributed by atoms with Crippen LogP contribution in [0.5, 0.6) is 5.75 Å². The maximum absolute atomic E-state index is 8.72. The van der Waals surface area contributed by atoms with Gasteiger partial charge in [-0.05, 0) is 32.5 Å². The summed E-state index contributed by atoms with van der Waals surface area (Å²) in [6.07, 6.45) is 0. The fraction of sp³-hybridized carbons (Fsp3) is 0.417. The molecule has 0 heterocycles. The lowest BCUT2D eigenvalue weighted by Crippen LogP contribution is -2.30. The van der Waals surface area contributed by atoms with Crippen molar-refractivity contribution in [3.05, 3.63) is 29.3 Å². The van der Waals surface area contributed by atoms with Gasteiger partial charge in [0, 0.05) is 0 Å². The number of likely N-dealkylation sites (N-methyl/N-ethyl adjacent to an activating group) is 1. The first kappa shape index (κ1) is 11.5. The summed E-state index contributed by atoms with van der Waals surface area (Å²) in [5.74, 6) is 0.844. The van der Waals surface area contributed by atoms with Gasteiger partial charge >= 0.3 is 0 Å². The standard InChI is InChI=1S/C12H16N2O/c1-9-4-5-12(10(2)6-9)15-8-11(7-13)14-3/h4-6,11,14H,8H2,1-3H3. The van der Waals surface area contributed by atoms with Gasteiger partial charge in [-0.25, -0.2) is 0 Å². The van der Waals surface area contributed by atoms with Crippen molar-refractivity contribution < 1.29 is 4.74 Å². The summed E-state index contributed by atoms with van der Waals surface area (Å²) >= 11 is 0. The minimum Gasteiger partial charge on any atom is -0.491 e. The second-order valence-electron chi connectivity index (χ2n) is 3.55. The van der Waals surface area contributed by atoms with Crippen molar-refractivity contribution in [1.82, 2.24) is 5.32 Å². The van der Waals surface area contributed by atoms with E-state index in [1.165, 1.54) is 5.56 Å². The first-order chi connectivity index (χ1) is 7.17. The highest BCUT2D eigenvalue weighted by molar-refractivity contribution is 5.35. The van der Waals surface area contributed by atoms with Crippen LogP contribution in [0.3, 0.4) is 0 Å². The van der Waals surface area contributed by atoms with E-state index in [0.29, 0.717) is 6.61 Å². The van der Waals surface area contributed by atoms with Crippen molar-refractivity contribution in [3.63, 3.8) is 0 Å². The first-order valence-electron chi connectivity index (χ1n) is 4.94. The predicted molar refractivity (Wildman–Crippen MR) is 59.9 cm³/mol. The molecule has 0 bridgehead atoms. The summed E-state index contributed by atoms with van der Waals surface area (Å²) in [6.45, 7) is 4.42. The normalized spacial score (nSPS) is 11.9. The molecule has 0 aliphatic heterocycles. The molecule has 15 heavy (non-hydrogen) atoms. The number of hydrogen-bond acceptors (Lipinski definition) is 3. The molecule has 0 aromatic heterocycles. The Labute approximate surface area is 90.7 Å². The summed E-state index contributed by atoms with van der Waals surface area (Å²) in [7, 11) is 1.75. The maximum Gasteiger partial charge on any atom is 0.129 e. The third-order valence-corrected chi connectivity index (χ3v) is 2.24. The first-order valence-corrected chi connectivity index (χ1v) is 4.94. The maximum atomic E-state index is 8.72. The Morgan fingerprint density at radius 2 is 2.20 bits per heavy atom. The molecule has 1 aromatic rings. The highest BCUT2D eigenvalue weighted by Gasteiger charge is 2.06. The highest BCUT2D eigenvalue weighted by Crippen LogP contribution is 2.18. The molecular weight excluding hydrogens is 188 g/mol. The van der Waals surface area contributed by atoms with E-state index in [1.807, 2.05) is 26.0 Å². The molecule has 1 aromatic carbocycles. The molecule has 0 fully saturated rings. The number of benzene rings is 1. The molecule has 1 N–H and O–H groups in total. The lowest BCUT2D eigenvalue weighted by atomic mass is 10.1. The van der Waals surface area contributed by atoms with E-state index in [1.54, 1.807) is 7.05 Å². The SMILES string of the molecule is CNC(C#N)COc1ccc(C)cc1C. The Balaban J connectivity index is 2.62. The van der Waals surface area contributed by atoms with E-state index in [4.69, 9.17) is 10.00 Å². The third-order valence-electron chi connectivity index (χ3n) is 2.24. The average molecular weight is 204 g/mol. The van der Waals surface area contributed by atoms with Crippen molar-refractivity contribution in [2.75, 3.05) is 13.7 Å². The molecule has 0 radical (unpaired) electrons. The van der Waals surface area contributed by atoms with Crippen LogP contribution in [-0.4, -0.2) is 19.7 Å². The summed E-state index contributed by atoms with van der Waals surface area (Å²) < 4.78 is 5.55. The molecule has 1 atom stereocenters. The van der Waals surface area contributed by atoms with Crippen LogP contribution in [0.2, 0.25) is 0 Å². The van der Waals surface area contributed by atoms with Gasteiger partial charge in [-0.1, -0.05) is 17.7 Å². The number of rotatable bonds is 4. The van der Waals surface area contributed by atoms with E-state index in [-0.39, 0.29) is 6.04 Å². The summed E-state index contributed by atoms with van der Waals surface area (Å²) in [4.78, 5) is 0. The summed E-state index contributed by atoms with van der Waals surface area (Å²) in [5.41, 5.74) is 2.31. The Morgan fingerprint density at radius 1 is 1.47 bits per heavy atom. The molecular formula is C12H16N2O.